The first-order valence-electron chi connectivity index (χ1n) is 5.05. The molecule has 0 N–H and O–H groups in total. The summed E-state index contributed by atoms with van der Waals surface area (Å²) in [4.78, 5) is 24.7. The van der Waals surface area contributed by atoms with Gasteiger partial charge in [0.25, 0.3) is 0 Å². The zero-order chi connectivity index (χ0) is 13.7. The molecule has 96 valence electrons. The van der Waals surface area contributed by atoms with E-state index < -0.39 is 11.9 Å². The molecule has 1 aliphatic heterocycles. The van der Waals surface area contributed by atoms with Gasteiger partial charge < -0.3 is 14.4 Å². The van der Waals surface area contributed by atoms with Crippen molar-refractivity contribution in [3.63, 3.8) is 0 Å². The summed E-state index contributed by atoms with van der Waals surface area (Å²) in [5, 5.41) is 0. The minimum absolute atomic E-state index is 0.0162. The molecule has 0 aromatic heterocycles. The van der Waals surface area contributed by atoms with Crippen molar-refractivity contribution in [1.82, 2.24) is 4.90 Å². The number of methoxy groups -OCH3 is 2. The highest BCUT2D eigenvalue weighted by Gasteiger charge is 2.27. The van der Waals surface area contributed by atoms with Crippen molar-refractivity contribution in [3.8, 4) is 0 Å². The third kappa shape index (κ3) is 2.84. The largest absolute Gasteiger partial charge is 0.465 e. The quantitative estimate of drug-likeness (QED) is 0.431. The molecule has 0 aliphatic carbocycles. The topological polar surface area (TPSA) is 55.8 Å². The predicted octanol–water partition coefficient (Wildman–Crippen LogP) is 0.972. The Morgan fingerprint density at radius 1 is 1.17 bits per heavy atom. The van der Waals surface area contributed by atoms with E-state index in [1.54, 1.807) is 36.4 Å². The number of ether oxygens (including phenoxy) is 2. The van der Waals surface area contributed by atoms with Gasteiger partial charge in [-0.1, -0.05) is 18.3 Å². The first-order chi connectivity index (χ1) is 8.52. The van der Waals surface area contributed by atoms with Gasteiger partial charge in [-0.15, -0.1) is 0 Å². The van der Waals surface area contributed by atoms with E-state index in [1.165, 1.54) is 14.2 Å². The number of likely N-dealkylation sites (N-methyl/N-ethyl adjacent to an activating group) is 1. The fraction of sp³-hybridized carbons (Fsp3) is 0.250. The van der Waals surface area contributed by atoms with Gasteiger partial charge in [-0.3, -0.25) is 0 Å². The zero-order valence-corrected chi connectivity index (χ0v) is 11.1. The highest BCUT2D eigenvalue weighted by atomic mass is 32.1. The van der Waals surface area contributed by atoms with Crippen LogP contribution >= 0.6 is 12.2 Å². The van der Waals surface area contributed by atoms with Crippen molar-refractivity contribution >= 4 is 29.0 Å². The van der Waals surface area contributed by atoms with Crippen LogP contribution < -0.4 is 0 Å². The molecule has 0 atom stereocenters. The van der Waals surface area contributed by atoms with Crippen LogP contribution in [0.2, 0.25) is 0 Å². The number of carbonyl (C=O) groups excluding carboxylic acids is 2. The maximum atomic E-state index is 11.8. The number of hydrogen-bond acceptors (Lipinski definition) is 6. The minimum atomic E-state index is -0.741. The Bertz CT molecular complexity index is 476. The summed E-state index contributed by atoms with van der Waals surface area (Å²) in [5.74, 6) is -1.42. The second-order valence-electron chi connectivity index (χ2n) is 3.38. The van der Waals surface area contributed by atoms with Crippen LogP contribution in [0, 0.1) is 0 Å². The summed E-state index contributed by atoms with van der Waals surface area (Å²) in [6, 6.07) is 0. The Labute approximate surface area is 110 Å². The number of thiocarbonyl (C=S) groups is 1. The standard InChI is InChI=1S/C12H13NO4S/c1-13-7-5-4-6-8(13)9(11(14)16-2)10(18)12(15)17-3/h4-7H,1-3H3/b9-8+. The molecule has 0 amide bonds. The zero-order valence-electron chi connectivity index (χ0n) is 10.3. The maximum Gasteiger partial charge on any atom is 0.349 e. The van der Waals surface area contributed by atoms with Crippen LogP contribution in [0.1, 0.15) is 0 Å². The number of hydrogen-bond donors (Lipinski definition) is 0. The van der Waals surface area contributed by atoms with E-state index in [0.717, 1.165) is 0 Å². The molecule has 0 fully saturated rings. The lowest BCUT2D eigenvalue weighted by Crippen LogP contribution is -2.27. The molecule has 1 heterocycles. The molecule has 0 saturated heterocycles. The minimum Gasteiger partial charge on any atom is -0.465 e. The predicted molar refractivity (Wildman–Crippen MR) is 69.7 cm³/mol. The Balaban J connectivity index is 3.30. The van der Waals surface area contributed by atoms with E-state index in [9.17, 15) is 9.59 Å². The Hall–Kier alpha value is -1.95. The molecule has 0 radical (unpaired) electrons. The van der Waals surface area contributed by atoms with Gasteiger partial charge in [0.15, 0.2) is 0 Å². The fourth-order valence-electron chi connectivity index (χ4n) is 1.39. The summed E-state index contributed by atoms with van der Waals surface area (Å²) in [7, 11) is 4.16. The summed E-state index contributed by atoms with van der Waals surface area (Å²) in [5.41, 5.74) is 0.502. The first-order valence-corrected chi connectivity index (χ1v) is 5.46. The van der Waals surface area contributed by atoms with E-state index in [1.807, 2.05) is 0 Å². The van der Waals surface area contributed by atoms with Crippen LogP contribution in [0.4, 0.5) is 0 Å². The fourth-order valence-corrected chi connectivity index (χ4v) is 1.66. The smallest absolute Gasteiger partial charge is 0.349 e. The molecule has 0 unspecified atom stereocenters. The molecule has 18 heavy (non-hydrogen) atoms. The van der Waals surface area contributed by atoms with Gasteiger partial charge in [-0.05, 0) is 12.2 Å². The summed E-state index contributed by atoms with van der Waals surface area (Å²) < 4.78 is 9.18. The first kappa shape index (κ1) is 14.1. The van der Waals surface area contributed by atoms with Crippen molar-refractivity contribution in [2.24, 2.45) is 0 Å². The molecule has 0 bridgehead atoms. The van der Waals surface area contributed by atoms with Crippen molar-refractivity contribution in [1.29, 1.82) is 0 Å². The van der Waals surface area contributed by atoms with Crippen molar-refractivity contribution in [2.45, 2.75) is 0 Å². The Kier molecular flexibility index (Phi) is 4.79. The third-order valence-electron chi connectivity index (χ3n) is 2.30. The van der Waals surface area contributed by atoms with Gasteiger partial charge >= 0.3 is 11.9 Å². The highest BCUT2D eigenvalue weighted by molar-refractivity contribution is 7.82. The van der Waals surface area contributed by atoms with E-state index >= 15 is 0 Å². The molecule has 0 aromatic carbocycles. The molecular formula is C12H13NO4S. The average Bonchev–Trinajstić information content (AvgIpc) is 2.39. The van der Waals surface area contributed by atoms with Crippen LogP contribution in [0.15, 0.2) is 35.7 Å². The second kappa shape index (κ2) is 6.11. The Morgan fingerprint density at radius 3 is 2.28 bits per heavy atom. The lowest BCUT2D eigenvalue weighted by molar-refractivity contribution is -0.137. The summed E-state index contributed by atoms with van der Waals surface area (Å²) >= 11 is 4.96. The van der Waals surface area contributed by atoms with E-state index in [0.29, 0.717) is 5.70 Å². The molecule has 1 aliphatic rings. The van der Waals surface area contributed by atoms with Gasteiger partial charge in [0, 0.05) is 13.2 Å². The number of nitrogens with zero attached hydrogens (tertiary/aromatic N) is 1. The van der Waals surface area contributed by atoms with Crippen molar-refractivity contribution < 1.29 is 19.1 Å². The molecule has 5 nitrogen and oxygen atoms in total. The lowest BCUT2D eigenvalue weighted by atomic mass is 10.1. The normalized spacial score (nSPS) is 16.3. The van der Waals surface area contributed by atoms with Crippen LogP contribution in [0.3, 0.4) is 0 Å². The summed E-state index contributed by atoms with van der Waals surface area (Å²) in [6.45, 7) is 0. The van der Waals surface area contributed by atoms with Crippen LogP contribution in [-0.2, 0) is 19.1 Å². The molecular weight excluding hydrogens is 254 g/mol. The Morgan fingerprint density at radius 2 is 1.78 bits per heavy atom. The van der Waals surface area contributed by atoms with Gasteiger partial charge in [0.2, 0.25) is 0 Å². The van der Waals surface area contributed by atoms with Crippen LogP contribution in [0.5, 0.6) is 0 Å². The van der Waals surface area contributed by atoms with E-state index in [4.69, 9.17) is 12.2 Å². The van der Waals surface area contributed by atoms with E-state index in [-0.39, 0.29) is 10.4 Å². The van der Waals surface area contributed by atoms with Crippen molar-refractivity contribution in [2.75, 3.05) is 21.3 Å². The van der Waals surface area contributed by atoms with Gasteiger partial charge in [-0.2, -0.15) is 0 Å². The number of esters is 2. The second-order valence-corrected chi connectivity index (χ2v) is 3.79. The molecule has 0 saturated carbocycles. The summed E-state index contributed by atoms with van der Waals surface area (Å²) in [6.07, 6.45) is 6.93. The van der Waals surface area contributed by atoms with Crippen LogP contribution in [-0.4, -0.2) is 43.0 Å². The monoisotopic (exact) mass is 267 g/mol. The average molecular weight is 267 g/mol. The number of carbonyl (C=O) groups is 2. The maximum absolute atomic E-state index is 11.8. The molecule has 1 rings (SSSR count). The highest BCUT2D eigenvalue weighted by Crippen LogP contribution is 2.18. The van der Waals surface area contributed by atoms with Crippen molar-refractivity contribution in [3.05, 3.63) is 35.7 Å². The number of rotatable bonds is 3. The van der Waals surface area contributed by atoms with Gasteiger partial charge in [0.05, 0.1) is 19.9 Å². The third-order valence-corrected chi connectivity index (χ3v) is 2.67. The molecule has 6 heteroatoms. The molecule has 0 aromatic rings. The number of allylic oxidation sites excluding steroid dienone is 3. The van der Waals surface area contributed by atoms with Crippen LogP contribution in [0.25, 0.3) is 0 Å². The van der Waals surface area contributed by atoms with E-state index in [2.05, 4.69) is 9.47 Å². The van der Waals surface area contributed by atoms with Gasteiger partial charge in [-0.25, -0.2) is 9.59 Å². The van der Waals surface area contributed by atoms with Gasteiger partial charge in [0.1, 0.15) is 10.4 Å². The molecule has 0 spiro atoms. The lowest BCUT2D eigenvalue weighted by Gasteiger charge is -2.21. The SMILES string of the molecule is COC(=O)C(=S)/C(C(=O)OC)=C1/C=CC=CN1C.